The second-order valence-corrected chi connectivity index (χ2v) is 13.7. The van der Waals surface area contributed by atoms with E-state index in [-0.39, 0.29) is 11.8 Å². The Morgan fingerprint density at radius 1 is 0.796 bits per heavy atom. The van der Waals surface area contributed by atoms with Crippen LogP contribution in [0.4, 0.5) is 5.69 Å². The van der Waals surface area contributed by atoms with Crippen molar-refractivity contribution >= 4 is 34.2 Å². The zero-order valence-corrected chi connectivity index (χ0v) is 28.0. The van der Waals surface area contributed by atoms with E-state index < -0.39 is 23.8 Å². The molecule has 3 unspecified atom stereocenters. The van der Waals surface area contributed by atoms with Crippen molar-refractivity contribution in [3.63, 3.8) is 0 Å². The highest BCUT2D eigenvalue weighted by atomic mass is 16.2. The van der Waals surface area contributed by atoms with Gasteiger partial charge in [-0.05, 0) is 75.5 Å². The van der Waals surface area contributed by atoms with E-state index in [0.29, 0.717) is 25.3 Å². The van der Waals surface area contributed by atoms with Gasteiger partial charge in [0.25, 0.3) is 5.91 Å². The highest BCUT2D eigenvalue weighted by Crippen LogP contribution is 2.42. The maximum atomic E-state index is 14.9. The van der Waals surface area contributed by atoms with E-state index >= 15 is 0 Å². The molecule has 6 nitrogen and oxygen atoms in total. The van der Waals surface area contributed by atoms with Crippen LogP contribution < -0.4 is 16.0 Å². The summed E-state index contributed by atoms with van der Waals surface area (Å²) in [5.74, 6) is -1.71. The fourth-order valence-corrected chi connectivity index (χ4v) is 7.69. The van der Waals surface area contributed by atoms with Crippen molar-refractivity contribution in [2.45, 2.75) is 58.0 Å². The van der Waals surface area contributed by atoms with Gasteiger partial charge in [-0.3, -0.25) is 14.4 Å². The molecular weight excluding hydrogens is 606 g/mol. The van der Waals surface area contributed by atoms with E-state index in [2.05, 4.69) is 47.8 Å². The van der Waals surface area contributed by atoms with Crippen LogP contribution in [-0.2, 0) is 20.9 Å². The Morgan fingerprint density at radius 2 is 1.51 bits per heavy atom. The number of primary amides is 1. The third-order valence-electron chi connectivity index (χ3n) is 10.5. The van der Waals surface area contributed by atoms with Crippen molar-refractivity contribution in [3.8, 4) is 22.3 Å². The van der Waals surface area contributed by atoms with Crippen molar-refractivity contribution in [2.75, 3.05) is 4.90 Å². The first-order valence-corrected chi connectivity index (χ1v) is 17.6. The van der Waals surface area contributed by atoms with Crippen molar-refractivity contribution in [2.24, 2.45) is 23.5 Å². The van der Waals surface area contributed by atoms with Gasteiger partial charge in [-0.2, -0.15) is 0 Å². The normalized spacial score (nSPS) is 17.0. The quantitative estimate of drug-likeness (QED) is 0.150. The minimum atomic E-state index is -0.932. The van der Waals surface area contributed by atoms with Crippen LogP contribution in [-0.4, -0.2) is 17.7 Å². The summed E-state index contributed by atoms with van der Waals surface area (Å²) >= 11 is 0. The molecule has 6 heteroatoms. The van der Waals surface area contributed by atoms with Crippen LogP contribution in [0.15, 0.2) is 115 Å². The standard InChI is InChI=1S/C43H43N3O3/c1-2-11-37(41(44)47)38(25-28-12-9-13-28)42(48)45-40-36-20-6-5-18-34(36)35-19-7-8-21-39(35)46(43(40)49)27-29-14-10-17-31(24-29)33-23-22-30-15-3-4-16-32(30)26-33/h3-8,10,14-24,26,28,37-38,40H,2,9,11-13,25,27H2,1H3,(H2,44,47)(H,45,48). The summed E-state index contributed by atoms with van der Waals surface area (Å²) in [6.45, 7) is 2.33. The van der Waals surface area contributed by atoms with Crippen LogP contribution in [0.1, 0.15) is 62.6 Å². The number of para-hydroxylation sites is 1. The number of hydrogen-bond acceptors (Lipinski definition) is 3. The molecule has 1 saturated carbocycles. The van der Waals surface area contributed by atoms with Gasteiger partial charge in [0.05, 0.1) is 12.2 Å². The van der Waals surface area contributed by atoms with Crippen molar-refractivity contribution in [3.05, 3.63) is 126 Å². The predicted octanol–water partition coefficient (Wildman–Crippen LogP) is 8.59. The zero-order valence-electron chi connectivity index (χ0n) is 28.0. The first-order chi connectivity index (χ1) is 23.9. The van der Waals surface area contributed by atoms with Crippen molar-refractivity contribution in [1.29, 1.82) is 0 Å². The Labute approximate surface area is 288 Å². The summed E-state index contributed by atoms with van der Waals surface area (Å²) in [4.78, 5) is 43.7. The molecule has 3 N–H and O–H groups in total. The van der Waals surface area contributed by atoms with Crippen LogP contribution in [0.25, 0.3) is 33.0 Å². The molecule has 0 aromatic heterocycles. The molecule has 2 aliphatic rings. The van der Waals surface area contributed by atoms with E-state index in [0.717, 1.165) is 64.8 Å². The topological polar surface area (TPSA) is 92.5 Å². The molecule has 3 amide bonds. The molecule has 49 heavy (non-hydrogen) atoms. The maximum Gasteiger partial charge on any atom is 0.254 e. The second-order valence-electron chi connectivity index (χ2n) is 13.7. The Balaban J connectivity index is 1.25. The lowest BCUT2D eigenvalue weighted by Gasteiger charge is -2.33. The van der Waals surface area contributed by atoms with Gasteiger partial charge in [0.1, 0.15) is 6.04 Å². The third kappa shape index (κ3) is 6.60. The number of benzene rings is 5. The van der Waals surface area contributed by atoms with E-state index in [1.807, 2.05) is 79.7 Å². The zero-order chi connectivity index (χ0) is 33.9. The molecule has 3 atom stereocenters. The van der Waals surface area contributed by atoms with Gasteiger partial charge in [-0.1, -0.05) is 130 Å². The van der Waals surface area contributed by atoms with Gasteiger partial charge in [0, 0.05) is 17.4 Å². The Morgan fingerprint density at radius 3 is 2.27 bits per heavy atom. The number of hydrogen-bond donors (Lipinski definition) is 2. The summed E-state index contributed by atoms with van der Waals surface area (Å²) in [6, 6.07) is 37.9. The van der Waals surface area contributed by atoms with Crippen LogP contribution in [0.3, 0.4) is 0 Å². The van der Waals surface area contributed by atoms with Gasteiger partial charge in [-0.25, -0.2) is 0 Å². The number of carbonyl (C=O) groups is 3. The lowest BCUT2D eigenvalue weighted by Crippen LogP contribution is -2.47. The van der Waals surface area contributed by atoms with E-state index in [1.165, 1.54) is 10.8 Å². The summed E-state index contributed by atoms with van der Waals surface area (Å²) in [5, 5.41) is 5.54. The Kier molecular flexibility index (Phi) is 9.30. The molecule has 1 heterocycles. The summed E-state index contributed by atoms with van der Waals surface area (Å²) in [7, 11) is 0. The molecule has 0 bridgehead atoms. The van der Waals surface area contributed by atoms with Crippen molar-refractivity contribution < 1.29 is 14.4 Å². The minimum Gasteiger partial charge on any atom is -0.369 e. The average Bonchev–Trinajstić information content (AvgIpc) is 3.20. The number of nitrogens with two attached hydrogens (primary N) is 1. The Hall–Kier alpha value is -5.23. The lowest BCUT2D eigenvalue weighted by molar-refractivity contribution is -0.136. The molecule has 248 valence electrons. The monoisotopic (exact) mass is 649 g/mol. The van der Waals surface area contributed by atoms with Crippen LogP contribution in [0.5, 0.6) is 0 Å². The smallest absolute Gasteiger partial charge is 0.254 e. The summed E-state index contributed by atoms with van der Waals surface area (Å²) in [6.07, 6.45) is 5.13. The molecule has 5 aromatic rings. The van der Waals surface area contributed by atoms with Gasteiger partial charge < -0.3 is 16.0 Å². The van der Waals surface area contributed by atoms with Gasteiger partial charge >= 0.3 is 0 Å². The molecule has 1 fully saturated rings. The summed E-state index contributed by atoms with van der Waals surface area (Å²) < 4.78 is 0. The molecule has 0 spiro atoms. The van der Waals surface area contributed by atoms with E-state index in [1.54, 1.807) is 4.90 Å². The van der Waals surface area contributed by atoms with Crippen LogP contribution in [0.2, 0.25) is 0 Å². The lowest BCUT2D eigenvalue weighted by atomic mass is 9.73. The first-order valence-electron chi connectivity index (χ1n) is 17.6. The van der Waals surface area contributed by atoms with Gasteiger partial charge in [0.2, 0.25) is 11.8 Å². The third-order valence-corrected chi connectivity index (χ3v) is 10.5. The number of anilines is 1. The Bertz CT molecular complexity index is 2020. The largest absolute Gasteiger partial charge is 0.369 e. The summed E-state index contributed by atoms with van der Waals surface area (Å²) in [5.41, 5.74) is 12.4. The van der Waals surface area contributed by atoms with Crippen LogP contribution in [0, 0.1) is 17.8 Å². The average molecular weight is 650 g/mol. The number of nitrogens with zero attached hydrogens (tertiary/aromatic N) is 1. The fourth-order valence-electron chi connectivity index (χ4n) is 7.69. The molecule has 5 aromatic carbocycles. The highest BCUT2D eigenvalue weighted by Gasteiger charge is 2.40. The number of rotatable bonds is 11. The number of fused-ring (bicyclic) bond motifs is 4. The maximum absolute atomic E-state index is 14.9. The molecule has 0 radical (unpaired) electrons. The second kappa shape index (κ2) is 14.1. The van der Waals surface area contributed by atoms with Crippen molar-refractivity contribution in [1.82, 2.24) is 5.32 Å². The highest BCUT2D eigenvalue weighted by molar-refractivity contribution is 6.06. The predicted molar refractivity (Wildman–Crippen MR) is 196 cm³/mol. The number of carbonyl (C=O) groups excluding carboxylic acids is 3. The fraction of sp³-hybridized carbons (Fsp3) is 0.279. The molecule has 0 saturated heterocycles. The molecule has 1 aliphatic heterocycles. The van der Waals surface area contributed by atoms with E-state index in [4.69, 9.17) is 5.73 Å². The molecule has 7 rings (SSSR count). The van der Waals surface area contributed by atoms with Gasteiger partial charge in [0.15, 0.2) is 0 Å². The SMILES string of the molecule is CCCC(C(N)=O)C(CC1CCC1)C(=O)NC1C(=O)N(Cc2cccc(-c3ccc4ccccc4c3)c2)c2ccccc2-c2ccccc21. The van der Waals surface area contributed by atoms with E-state index in [9.17, 15) is 14.4 Å². The van der Waals surface area contributed by atoms with Crippen LogP contribution >= 0.6 is 0 Å². The molecular formula is C43H43N3O3. The molecule has 1 aliphatic carbocycles. The number of nitrogens with one attached hydrogen (secondary N) is 1. The number of amides is 3. The minimum absolute atomic E-state index is 0.213. The first kappa shape index (κ1) is 32.3. The van der Waals surface area contributed by atoms with Gasteiger partial charge in [-0.15, -0.1) is 0 Å².